The Bertz CT molecular complexity index is 350. The number of nitrogens with one attached hydrogen (secondary N) is 1. The summed E-state index contributed by atoms with van der Waals surface area (Å²) in [6.07, 6.45) is 3.36. The predicted molar refractivity (Wildman–Crippen MR) is 73.6 cm³/mol. The Hall–Kier alpha value is -1.16. The van der Waals surface area contributed by atoms with E-state index in [0.717, 1.165) is 24.8 Å². The van der Waals surface area contributed by atoms with Gasteiger partial charge in [-0.25, -0.2) is 0 Å². The van der Waals surface area contributed by atoms with Crippen molar-refractivity contribution in [2.24, 2.45) is 5.92 Å². The van der Waals surface area contributed by atoms with Crippen molar-refractivity contribution in [2.45, 2.75) is 45.8 Å². The highest BCUT2D eigenvalue weighted by atomic mass is 19.3. The zero-order chi connectivity index (χ0) is 14.3. The molecule has 0 saturated heterocycles. The van der Waals surface area contributed by atoms with Gasteiger partial charge >= 0.3 is 6.61 Å². The van der Waals surface area contributed by atoms with Gasteiger partial charge < -0.3 is 10.1 Å². The highest BCUT2D eigenvalue weighted by Crippen LogP contribution is 2.26. The number of hydrogen-bond donors (Lipinski definition) is 1. The molecular weight excluding hydrogens is 248 g/mol. The molecule has 1 atom stereocenters. The first-order chi connectivity index (χ1) is 9.10. The molecule has 0 amide bonds. The van der Waals surface area contributed by atoms with E-state index in [1.54, 1.807) is 12.1 Å². The molecule has 1 aromatic rings. The monoisotopic (exact) mass is 271 g/mol. The molecule has 0 aliphatic heterocycles. The number of hydrogen-bond acceptors (Lipinski definition) is 2. The van der Waals surface area contributed by atoms with E-state index < -0.39 is 6.61 Å². The lowest BCUT2D eigenvalue weighted by molar-refractivity contribution is -0.0498. The van der Waals surface area contributed by atoms with Gasteiger partial charge in [-0.2, -0.15) is 8.78 Å². The lowest BCUT2D eigenvalue weighted by Crippen LogP contribution is -2.19. The Morgan fingerprint density at radius 2 is 1.68 bits per heavy atom. The summed E-state index contributed by atoms with van der Waals surface area (Å²) in [5.41, 5.74) is 1.11. The molecule has 2 nitrogen and oxygen atoms in total. The molecule has 0 radical (unpaired) electrons. The Kier molecular flexibility index (Phi) is 6.78. The largest absolute Gasteiger partial charge is 0.435 e. The molecule has 108 valence electrons. The predicted octanol–water partition coefficient (Wildman–Crippen LogP) is 4.37. The van der Waals surface area contributed by atoms with Gasteiger partial charge in [-0.15, -0.1) is 0 Å². The summed E-state index contributed by atoms with van der Waals surface area (Å²) in [5, 5.41) is 3.29. The molecule has 0 heterocycles. The maximum atomic E-state index is 12.1. The molecule has 0 aromatic heterocycles. The van der Waals surface area contributed by atoms with Crippen molar-refractivity contribution in [1.29, 1.82) is 0 Å². The van der Waals surface area contributed by atoms with Gasteiger partial charge in [0.05, 0.1) is 0 Å². The van der Waals surface area contributed by atoms with Crippen LogP contribution in [0.3, 0.4) is 0 Å². The SMILES string of the molecule is CCC(CC)CC(NC)c1ccc(OC(F)F)cc1. The Balaban J connectivity index is 2.70. The summed E-state index contributed by atoms with van der Waals surface area (Å²) in [7, 11) is 1.93. The maximum absolute atomic E-state index is 12.1. The molecule has 0 bridgehead atoms. The van der Waals surface area contributed by atoms with Gasteiger partial charge in [0, 0.05) is 6.04 Å². The third kappa shape index (κ3) is 5.15. The van der Waals surface area contributed by atoms with Gasteiger partial charge in [-0.1, -0.05) is 38.8 Å². The van der Waals surface area contributed by atoms with Crippen LogP contribution in [-0.4, -0.2) is 13.7 Å². The lowest BCUT2D eigenvalue weighted by atomic mass is 9.91. The van der Waals surface area contributed by atoms with Crippen LogP contribution in [0.1, 0.15) is 44.7 Å². The molecule has 0 spiro atoms. The van der Waals surface area contributed by atoms with Gasteiger partial charge in [-0.3, -0.25) is 0 Å². The minimum atomic E-state index is -2.77. The van der Waals surface area contributed by atoms with E-state index >= 15 is 0 Å². The average molecular weight is 271 g/mol. The minimum absolute atomic E-state index is 0.205. The van der Waals surface area contributed by atoms with E-state index in [9.17, 15) is 8.78 Å². The van der Waals surface area contributed by atoms with E-state index in [1.165, 1.54) is 0 Å². The fourth-order valence-electron chi connectivity index (χ4n) is 2.26. The van der Waals surface area contributed by atoms with E-state index in [4.69, 9.17) is 0 Å². The van der Waals surface area contributed by atoms with Crippen molar-refractivity contribution < 1.29 is 13.5 Å². The Labute approximate surface area is 114 Å². The average Bonchev–Trinajstić information content (AvgIpc) is 2.41. The van der Waals surface area contributed by atoms with Gasteiger partial charge in [0.2, 0.25) is 0 Å². The van der Waals surface area contributed by atoms with Gasteiger partial charge in [0.1, 0.15) is 5.75 Å². The van der Waals surface area contributed by atoms with Crippen LogP contribution in [-0.2, 0) is 0 Å². The van der Waals surface area contributed by atoms with Crippen molar-refractivity contribution in [3.8, 4) is 5.75 Å². The molecule has 1 rings (SSSR count). The zero-order valence-corrected chi connectivity index (χ0v) is 11.8. The fourth-order valence-corrected chi connectivity index (χ4v) is 2.26. The van der Waals surface area contributed by atoms with Crippen LogP contribution in [0.15, 0.2) is 24.3 Å². The second-order valence-corrected chi connectivity index (χ2v) is 4.71. The Morgan fingerprint density at radius 3 is 2.11 bits per heavy atom. The smallest absolute Gasteiger partial charge is 0.387 e. The second-order valence-electron chi connectivity index (χ2n) is 4.71. The summed E-state index contributed by atoms with van der Waals surface area (Å²) >= 11 is 0. The zero-order valence-electron chi connectivity index (χ0n) is 11.8. The van der Waals surface area contributed by atoms with Crippen LogP contribution in [0, 0.1) is 5.92 Å². The van der Waals surface area contributed by atoms with Gasteiger partial charge in [0.25, 0.3) is 0 Å². The normalized spacial score (nSPS) is 13.0. The summed E-state index contributed by atoms with van der Waals surface area (Å²) in [4.78, 5) is 0. The molecule has 0 fully saturated rings. The second kappa shape index (κ2) is 8.10. The van der Waals surface area contributed by atoms with Gasteiger partial charge in [0.15, 0.2) is 0 Å². The van der Waals surface area contributed by atoms with Crippen LogP contribution in [0.5, 0.6) is 5.75 Å². The van der Waals surface area contributed by atoms with E-state index in [1.807, 2.05) is 19.2 Å². The quantitative estimate of drug-likeness (QED) is 0.758. The molecule has 1 unspecified atom stereocenters. The summed E-state index contributed by atoms with van der Waals surface area (Å²) in [6, 6.07) is 7.14. The Morgan fingerprint density at radius 1 is 1.11 bits per heavy atom. The molecule has 0 aliphatic rings. The van der Waals surface area contributed by atoms with E-state index in [2.05, 4.69) is 23.9 Å². The summed E-state index contributed by atoms with van der Waals surface area (Å²) < 4.78 is 28.5. The minimum Gasteiger partial charge on any atom is -0.435 e. The highest BCUT2D eigenvalue weighted by molar-refractivity contribution is 5.29. The molecular formula is C15H23F2NO. The number of ether oxygens (including phenoxy) is 1. The first-order valence-electron chi connectivity index (χ1n) is 6.82. The van der Waals surface area contributed by atoms with E-state index in [-0.39, 0.29) is 11.8 Å². The summed E-state index contributed by atoms with van der Waals surface area (Å²) in [6.45, 7) is 1.62. The van der Waals surface area contributed by atoms with Crippen molar-refractivity contribution >= 4 is 0 Å². The van der Waals surface area contributed by atoms with Crippen molar-refractivity contribution in [3.63, 3.8) is 0 Å². The molecule has 0 aliphatic carbocycles. The standard InChI is InChI=1S/C15H23F2NO/c1-4-11(5-2)10-14(18-3)12-6-8-13(9-7-12)19-15(16)17/h6-9,11,14-15,18H,4-5,10H2,1-3H3. The fraction of sp³-hybridized carbons (Fsp3) is 0.600. The third-order valence-corrected chi connectivity index (χ3v) is 3.58. The number of benzene rings is 1. The molecule has 19 heavy (non-hydrogen) atoms. The van der Waals surface area contributed by atoms with Crippen LogP contribution in [0.2, 0.25) is 0 Å². The van der Waals surface area contributed by atoms with E-state index in [0.29, 0.717) is 5.92 Å². The van der Waals surface area contributed by atoms with Crippen LogP contribution in [0.4, 0.5) is 8.78 Å². The topological polar surface area (TPSA) is 21.3 Å². The highest BCUT2D eigenvalue weighted by Gasteiger charge is 2.14. The van der Waals surface area contributed by atoms with Crippen molar-refractivity contribution in [1.82, 2.24) is 5.32 Å². The van der Waals surface area contributed by atoms with Crippen LogP contribution >= 0.6 is 0 Å². The molecule has 4 heteroatoms. The maximum Gasteiger partial charge on any atom is 0.387 e. The molecule has 1 N–H and O–H groups in total. The van der Waals surface area contributed by atoms with Crippen LogP contribution in [0.25, 0.3) is 0 Å². The first-order valence-corrected chi connectivity index (χ1v) is 6.82. The first kappa shape index (κ1) is 15.9. The van der Waals surface area contributed by atoms with Crippen molar-refractivity contribution in [2.75, 3.05) is 7.05 Å². The third-order valence-electron chi connectivity index (χ3n) is 3.58. The summed E-state index contributed by atoms with van der Waals surface area (Å²) in [5.74, 6) is 0.880. The number of rotatable bonds is 8. The van der Waals surface area contributed by atoms with Crippen molar-refractivity contribution in [3.05, 3.63) is 29.8 Å². The van der Waals surface area contributed by atoms with Crippen LogP contribution < -0.4 is 10.1 Å². The van der Waals surface area contributed by atoms with Gasteiger partial charge in [-0.05, 0) is 37.1 Å². The number of alkyl halides is 2. The molecule has 0 saturated carbocycles. The lowest BCUT2D eigenvalue weighted by Gasteiger charge is -2.22. The number of halogens is 2. The molecule has 1 aromatic carbocycles.